The van der Waals surface area contributed by atoms with Gasteiger partial charge in [0, 0.05) is 13.1 Å². The summed E-state index contributed by atoms with van der Waals surface area (Å²) < 4.78 is 10.3. The molecule has 0 aromatic heterocycles. The van der Waals surface area contributed by atoms with Crippen molar-refractivity contribution in [2.75, 3.05) is 13.2 Å². The number of nitrogens with one attached hydrogen (secondary N) is 1. The molecule has 0 aliphatic rings. The monoisotopic (exact) mass is 373 g/mol. The standard InChI is InChI=1S/C19H23NO3.2C2H6/c1-3-22-19(21)14-23-18-6-4-5-17(11-18)13-20-12-16-9-7-15(2)8-10-16;2*1-2/h4-11,20H,3,12-14H2,1-2H3;2*1-2H3. The van der Waals surface area contributed by atoms with Gasteiger partial charge in [-0.2, -0.15) is 0 Å². The molecule has 27 heavy (non-hydrogen) atoms. The fourth-order valence-electron chi connectivity index (χ4n) is 2.15. The van der Waals surface area contributed by atoms with Gasteiger partial charge in [0.05, 0.1) is 6.61 Å². The van der Waals surface area contributed by atoms with Crippen molar-refractivity contribution in [2.24, 2.45) is 0 Å². The Morgan fingerprint density at radius 2 is 1.56 bits per heavy atom. The Morgan fingerprint density at radius 1 is 0.926 bits per heavy atom. The van der Waals surface area contributed by atoms with Crippen LogP contribution in [0.5, 0.6) is 5.75 Å². The number of esters is 1. The summed E-state index contributed by atoms with van der Waals surface area (Å²) in [4.78, 5) is 11.3. The van der Waals surface area contributed by atoms with Crippen LogP contribution in [-0.4, -0.2) is 19.2 Å². The van der Waals surface area contributed by atoms with E-state index in [1.807, 2.05) is 52.0 Å². The van der Waals surface area contributed by atoms with Gasteiger partial charge >= 0.3 is 5.97 Å². The van der Waals surface area contributed by atoms with Gasteiger partial charge in [-0.1, -0.05) is 69.7 Å². The van der Waals surface area contributed by atoms with Crippen molar-refractivity contribution in [1.82, 2.24) is 5.32 Å². The Bertz CT molecular complexity index is 624. The second kappa shape index (κ2) is 15.9. The van der Waals surface area contributed by atoms with Crippen molar-refractivity contribution in [2.45, 2.75) is 54.6 Å². The van der Waals surface area contributed by atoms with Crippen LogP contribution in [-0.2, 0) is 22.6 Å². The topological polar surface area (TPSA) is 47.6 Å². The number of hydrogen-bond donors (Lipinski definition) is 1. The summed E-state index contributed by atoms with van der Waals surface area (Å²) in [5, 5.41) is 3.40. The molecule has 150 valence electrons. The Labute approximate surface area is 164 Å². The molecule has 0 atom stereocenters. The maximum atomic E-state index is 11.3. The lowest BCUT2D eigenvalue weighted by Crippen LogP contribution is -2.15. The first-order valence-electron chi connectivity index (χ1n) is 9.81. The Kier molecular flexibility index (Phi) is 14.5. The highest BCUT2D eigenvalue weighted by molar-refractivity contribution is 5.71. The quantitative estimate of drug-likeness (QED) is 0.640. The van der Waals surface area contributed by atoms with Gasteiger partial charge in [-0.3, -0.25) is 0 Å². The summed E-state index contributed by atoms with van der Waals surface area (Å²) >= 11 is 0. The number of carbonyl (C=O) groups excluding carboxylic acids is 1. The molecule has 0 amide bonds. The van der Waals surface area contributed by atoms with E-state index < -0.39 is 0 Å². The van der Waals surface area contributed by atoms with E-state index in [9.17, 15) is 4.79 Å². The molecular formula is C23H35NO3. The molecule has 2 aromatic rings. The normalized spacial score (nSPS) is 9.26. The highest BCUT2D eigenvalue weighted by atomic mass is 16.6. The van der Waals surface area contributed by atoms with E-state index in [0.717, 1.165) is 18.7 Å². The van der Waals surface area contributed by atoms with E-state index in [1.54, 1.807) is 6.92 Å². The van der Waals surface area contributed by atoms with Gasteiger partial charge in [0.1, 0.15) is 5.75 Å². The smallest absolute Gasteiger partial charge is 0.344 e. The van der Waals surface area contributed by atoms with Crippen molar-refractivity contribution in [1.29, 1.82) is 0 Å². The first-order valence-corrected chi connectivity index (χ1v) is 9.81. The van der Waals surface area contributed by atoms with E-state index in [-0.39, 0.29) is 12.6 Å². The van der Waals surface area contributed by atoms with Gasteiger partial charge in [-0.05, 0) is 37.1 Å². The average Bonchev–Trinajstić information content (AvgIpc) is 2.72. The summed E-state index contributed by atoms with van der Waals surface area (Å²) in [7, 11) is 0. The SMILES string of the molecule is CC.CC.CCOC(=O)COc1cccc(CNCc2ccc(C)cc2)c1. The summed E-state index contributed by atoms with van der Waals surface area (Å²) in [5.74, 6) is 0.322. The first-order chi connectivity index (χ1) is 13.2. The molecule has 0 aliphatic heterocycles. The molecule has 0 heterocycles. The van der Waals surface area contributed by atoms with Crippen molar-refractivity contribution >= 4 is 5.97 Å². The van der Waals surface area contributed by atoms with Crippen LogP contribution in [0.25, 0.3) is 0 Å². The minimum atomic E-state index is -0.351. The fraction of sp³-hybridized carbons (Fsp3) is 0.435. The number of carbonyl (C=O) groups is 1. The van der Waals surface area contributed by atoms with E-state index in [2.05, 4.69) is 36.5 Å². The molecular weight excluding hydrogens is 338 g/mol. The van der Waals surface area contributed by atoms with Gasteiger partial charge in [-0.25, -0.2) is 4.79 Å². The van der Waals surface area contributed by atoms with Crippen LogP contribution in [0, 0.1) is 6.92 Å². The molecule has 0 spiro atoms. The van der Waals surface area contributed by atoms with Crippen LogP contribution in [0.3, 0.4) is 0 Å². The summed E-state index contributed by atoms with van der Waals surface area (Å²) in [6, 6.07) is 16.2. The van der Waals surface area contributed by atoms with Crippen LogP contribution in [0.15, 0.2) is 48.5 Å². The number of ether oxygens (including phenoxy) is 2. The molecule has 0 saturated carbocycles. The van der Waals surface area contributed by atoms with Crippen LogP contribution in [0.1, 0.15) is 51.3 Å². The van der Waals surface area contributed by atoms with Gasteiger partial charge < -0.3 is 14.8 Å². The zero-order chi connectivity index (χ0) is 20.5. The van der Waals surface area contributed by atoms with Crippen molar-refractivity contribution in [3.05, 3.63) is 65.2 Å². The maximum Gasteiger partial charge on any atom is 0.344 e. The highest BCUT2D eigenvalue weighted by Gasteiger charge is 2.03. The van der Waals surface area contributed by atoms with Gasteiger partial charge in [-0.15, -0.1) is 0 Å². The molecule has 4 nitrogen and oxygen atoms in total. The van der Waals surface area contributed by atoms with E-state index in [4.69, 9.17) is 9.47 Å². The highest BCUT2D eigenvalue weighted by Crippen LogP contribution is 2.13. The first kappa shape index (κ1) is 24.7. The minimum absolute atomic E-state index is 0.0614. The molecule has 0 saturated heterocycles. The second-order valence-corrected chi connectivity index (χ2v) is 5.33. The van der Waals surface area contributed by atoms with Crippen LogP contribution < -0.4 is 10.1 Å². The molecule has 4 heteroatoms. The number of hydrogen-bond acceptors (Lipinski definition) is 4. The third kappa shape index (κ3) is 11.1. The lowest BCUT2D eigenvalue weighted by Gasteiger charge is -2.09. The molecule has 0 bridgehead atoms. The van der Waals surface area contributed by atoms with E-state index in [1.165, 1.54) is 11.1 Å². The Hall–Kier alpha value is -2.33. The second-order valence-electron chi connectivity index (χ2n) is 5.33. The molecule has 0 unspecified atom stereocenters. The predicted octanol–water partition coefficient (Wildman–Crippen LogP) is 5.28. The molecule has 2 aromatic carbocycles. The number of rotatable bonds is 8. The molecule has 2 rings (SSSR count). The van der Waals surface area contributed by atoms with E-state index in [0.29, 0.717) is 12.4 Å². The third-order valence-electron chi connectivity index (χ3n) is 3.34. The Morgan fingerprint density at radius 3 is 2.19 bits per heavy atom. The van der Waals surface area contributed by atoms with Gasteiger partial charge in [0.25, 0.3) is 0 Å². The summed E-state index contributed by atoms with van der Waals surface area (Å²) in [6.45, 7) is 13.7. The largest absolute Gasteiger partial charge is 0.482 e. The van der Waals surface area contributed by atoms with Crippen LogP contribution in [0.2, 0.25) is 0 Å². The number of benzene rings is 2. The lowest BCUT2D eigenvalue weighted by molar-refractivity contribution is -0.145. The Balaban J connectivity index is 0.00000158. The zero-order valence-corrected chi connectivity index (χ0v) is 17.7. The molecule has 1 N–H and O–H groups in total. The number of aryl methyl sites for hydroxylation is 1. The van der Waals surface area contributed by atoms with Crippen molar-refractivity contribution in [3.8, 4) is 5.75 Å². The zero-order valence-electron chi connectivity index (χ0n) is 17.7. The van der Waals surface area contributed by atoms with Crippen molar-refractivity contribution < 1.29 is 14.3 Å². The van der Waals surface area contributed by atoms with Crippen molar-refractivity contribution in [3.63, 3.8) is 0 Å². The molecule has 0 aliphatic carbocycles. The van der Waals surface area contributed by atoms with Crippen LogP contribution >= 0.6 is 0 Å². The summed E-state index contributed by atoms with van der Waals surface area (Å²) in [6.07, 6.45) is 0. The lowest BCUT2D eigenvalue weighted by atomic mass is 10.1. The summed E-state index contributed by atoms with van der Waals surface area (Å²) in [5.41, 5.74) is 3.63. The van der Waals surface area contributed by atoms with Gasteiger partial charge in [0.2, 0.25) is 0 Å². The average molecular weight is 374 g/mol. The predicted molar refractivity (Wildman–Crippen MR) is 113 cm³/mol. The fourth-order valence-corrected chi connectivity index (χ4v) is 2.15. The minimum Gasteiger partial charge on any atom is -0.482 e. The van der Waals surface area contributed by atoms with E-state index >= 15 is 0 Å². The maximum absolute atomic E-state index is 11.3. The molecule has 0 fully saturated rings. The van der Waals surface area contributed by atoms with Crippen LogP contribution in [0.4, 0.5) is 0 Å². The van der Waals surface area contributed by atoms with Gasteiger partial charge in [0.15, 0.2) is 6.61 Å². The third-order valence-corrected chi connectivity index (χ3v) is 3.34. The molecule has 0 radical (unpaired) electrons.